The van der Waals surface area contributed by atoms with Crippen molar-refractivity contribution in [3.8, 4) is 11.3 Å². The van der Waals surface area contributed by atoms with Gasteiger partial charge in [-0.3, -0.25) is 0 Å². The first-order valence-corrected chi connectivity index (χ1v) is 7.96. The molecule has 2 aromatic carbocycles. The van der Waals surface area contributed by atoms with Gasteiger partial charge in [0.2, 0.25) is 0 Å². The molecule has 0 unspecified atom stereocenters. The molecule has 0 aliphatic heterocycles. The number of para-hydroxylation sites is 1. The Morgan fingerprint density at radius 3 is 2.54 bits per heavy atom. The predicted octanol–water partition coefficient (Wildman–Crippen LogP) is 4.75. The summed E-state index contributed by atoms with van der Waals surface area (Å²) in [6.45, 7) is 4.67. The number of halogens is 1. The summed E-state index contributed by atoms with van der Waals surface area (Å²) in [5.74, 6) is 0.0781. The Morgan fingerprint density at radius 1 is 1.12 bits per heavy atom. The van der Waals surface area contributed by atoms with Crippen molar-refractivity contribution < 1.29 is 9.18 Å². The third-order valence-electron chi connectivity index (χ3n) is 3.75. The van der Waals surface area contributed by atoms with E-state index < -0.39 is 0 Å². The molecule has 124 valence electrons. The molecule has 0 saturated carbocycles. The molecule has 0 aliphatic carbocycles. The lowest BCUT2D eigenvalue weighted by molar-refractivity contribution is 0.251. The predicted molar refractivity (Wildman–Crippen MR) is 95.6 cm³/mol. The molecule has 0 saturated heterocycles. The molecule has 0 atom stereocenters. The van der Waals surface area contributed by atoms with E-state index in [9.17, 15) is 9.18 Å². The van der Waals surface area contributed by atoms with Gasteiger partial charge in [0.05, 0.1) is 11.4 Å². The number of nitrogens with one attached hydrogen (secondary N) is 3. The Balaban J connectivity index is 1.99. The van der Waals surface area contributed by atoms with Gasteiger partial charge in [0, 0.05) is 23.0 Å². The van der Waals surface area contributed by atoms with Gasteiger partial charge in [0.1, 0.15) is 5.82 Å². The molecule has 0 spiro atoms. The summed E-state index contributed by atoms with van der Waals surface area (Å²) in [5, 5.41) is 6.69. The maximum absolute atomic E-state index is 13.2. The Hall–Kier alpha value is -2.82. The van der Waals surface area contributed by atoms with Crippen LogP contribution in [0, 0.1) is 11.7 Å². The molecule has 2 amide bonds. The Kier molecular flexibility index (Phi) is 4.51. The van der Waals surface area contributed by atoms with Crippen LogP contribution < -0.4 is 10.6 Å². The van der Waals surface area contributed by atoms with E-state index in [0.717, 1.165) is 22.2 Å². The van der Waals surface area contributed by atoms with E-state index in [1.165, 1.54) is 12.1 Å². The van der Waals surface area contributed by atoms with E-state index in [-0.39, 0.29) is 11.8 Å². The third kappa shape index (κ3) is 3.40. The number of carbonyl (C=O) groups is 1. The van der Waals surface area contributed by atoms with Gasteiger partial charge >= 0.3 is 6.03 Å². The van der Waals surface area contributed by atoms with Gasteiger partial charge in [-0.25, -0.2) is 9.18 Å². The second-order valence-electron chi connectivity index (χ2n) is 6.16. The molecule has 0 fully saturated rings. The SMILES string of the molecule is CC(C)CNC(=O)Nc1c(-c2ccc(F)cc2)[nH]c2ccccc12. The Morgan fingerprint density at radius 2 is 1.83 bits per heavy atom. The second kappa shape index (κ2) is 6.74. The van der Waals surface area contributed by atoms with E-state index >= 15 is 0 Å². The van der Waals surface area contributed by atoms with Gasteiger partial charge in [-0.15, -0.1) is 0 Å². The Bertz CT molecular complexity index is 853. The molecule has 0 aliphatic rings. The molecule has 0 bridgehead atoms. The topological polar surface area (TPSA) is 56.9 Å². The third-order valence-corrected chi connectivity index (χ3v) is 3.75. The number of aromatic amines is 1. The van der Waals surface area contributed by atoms with Crippen LogP contribution in [-0.2, 0) is 0 Å². The number of fused-ring (bicyclic) bond motifs is 1. The minimum Gasteiger partial charge on any atom is -0.353 e. The molecular formula is C19H20FN3O. The average molecular weight is 325 g/mol. The molecule has 24 heavy (non-hydrogen) atoms. The van der Waals surface area contributed by atoms with Crippen molar-refractivity contribution >= 4 is 22.6 Å². The summed E-state index contributed by atoms with van der Waals surface area (Å²) in [6.07, 6.45) is 0. The summed E-state index contributed by atoms with van der Waals surface area (Å²) < 4.78 is 13.2. The fourth-order valence-electron chi connectivity index (χ4n) is 2.56. The molecule has 0 radical (unpaired) electrons. The molecule has 1 heterocycles. The van der Waals surface area contributed by atoms with Gasteiger partial charge in [0.25, 0.3) is 0 Å². The van der Waals surface area contributed by atoms with Crippen molar-refractivity contribution in [2.45, 2.75) is 13.8 Å². The zero-order valence-electron chi connectivity index (χ0n) is 13.7. The number of rotatable bonds is 4. The summed E-state index contributed by atoms with van der Waals surface area (Å²) >= 11 is 0. The maximum atomic E-state index is 13.2. The number of carbonyl (C=O) groups excluding carboxylic acids is 1. The lowest BCUT2D eigenvalue weighted by Crippen LogP contribution is -2.31. The number of urea groups is 1. The monoisotopic (exact) mass is 325 g/mol. The normalized spacial score (nSPS) is 11.0. The van der Waals surface area contributed by atoms with Crippen LogP contribution in [0.1, 0.15) is 13.8 Å². The highest BCUT2D eigenvalue weighted by molar-refractivity contribution is 6.07. The zero-order chi connectivity index (χ0) is 17.1. The largest absolute Gasteiger partial charge is 0.353 e. The summed E-state index contributed by atoms with van der Waals surface area (Å²) in [7, 11) is 0. The molecule has 1 aromatic heterocycles. The van der Waals surface area contributed by atoms with Crippen LogP contribution in [0.25, 0.3) is 22.2 Å². The first kappa shape index (κ1) is 16.1. The van der Waals surface area contributed by atoms with Crippen LogP contribution in [0.4, 0.5) is 14.9 Å². The smallest absolute Gasteiger partial charge is 0.319 e. The van der Waals surface area contributed by atoms with E-state index in [2.05, 4.69) is 15.6 Å². The number of aromatic nitrogens is 1. The fraction of sp³-hybridized carbons (Fsp3) is 0.211. The number of benzene rings is 2. The van der Waals surface area contributed by atoms with E-state index in [4.69, 9.17) is 0 Å². The van der Waals surface area contributed by atoms with Gasteiger partial charge in [-0.05, 0) is 36.2 Å². The molecule has 5 heteroatoms. The van der Waals surface area contributed by atoms with Gasteiger partial charge in [-0.1, -0.05) is 32.0 Å². The first-order chi connectivity index (χ1) is 11.5. The quantitative estimate of drug-likeness (QED) is 0.637. The number of H-pyrrole nitrogens is 1. The minimum atomic E-state index is -0.293. The van der Waals surface area contributed by atoms with Crippen LogP contribution in [0.15, 0.2) is 48.5 Å². The maximum Gasteiger partial charge on any atom is 0.319 e. The van der Waals surface area contributed by atoms with Crippen molar-refractivity contribution in [2.24, 2.45) is 5.92 Å². The van der Waals surface area contributed by atoms with E-state index in [1.807, 2.05) is 38.1 Å². The van der Waals surface area contributed by atoms with Crippen molar-refractivity contribution in [1.29, 1.82) is 0 Å². The molecule has 3 N–H and O–H groups in total. The van der Waals surface area contributed by atoms with E-state index in [0.29, 0.717) is 18.2 Å². The van der Waals surface area contributed by atoms with Crippen molar-refractivity contribution in [3.63, 3.8) is 0 Å². The standard InChI is InChI=1S/C19H20FN3O/c1-12(2)11-21-19(24)23-18-15-5-3-4-6-16(15)22-17(18)13-7-9-14(20)10-8-13/h3-10,12,22H,11H2,1-2H3,(H2,21,23,24). The average Bonchev–Trinajstić information content (AvgIpc) is 2.92. The lowest BCUT2D eigenvalue weighted by atomic mass is 10.1. The highest BCUT2D eigenvalue weighted by atomic mass is 19.1. The minimum absolute atomic E-state index is 0.253. The number of amides is 2. The number of anilines is 1. The zero-order valence-corrected chi connectivity index (χ0v) is 13.7. The van der Waals surface area contributed by atoms with Gasteiger partial charge in [0.15, 0.2) is 0 Å². The Labute approximate surface area is 140 Å². The summed E-state index contributed by atoms with van der Waals surface area (Å²) in [4.78, 5) is 15.5. The fourth-order valence-corrected chi connectivity index (χ4v) is 2.56. The molecule has 3 rings (SSSR count). The summed E-state index contributed by atoms with van der Waals surface area (Å²) in [6, 6.07) is 13.7. The summed E-state index contributed by atoms with van der Waals surface area (Å²) in [5.41, 5.74) is 3.18. The number of hydrogen-bond acceptors (Lipinski definition) is 1. The second-order valence-corrected chi connectivity index (χ2v) is 6.16. The molecule has 4 nitrogen and oxygen atoms in total. The van der Waals surface area contributed by atoms with Gasteiger partial charge in [-0.2, -0.15) is 0 Å². The lowest BCUT2D eigenvalue weighted by Gasteiger charge is -2.11. The van der Waals surface area contributed by atoms with Crippen molar-refractivity contribution in [3.05, 3.63) is 54.3 Å². The van der Waals surface area contributed by atoms with Crippen molar-refractivity contribution in [2.75, 3.05) is 11.9 Å². The number of hydrogen-bond donors (Lipinski definition) is 3. The van der Waals surface area contributed by atoms with Crippen LogP contribution in [0.3, 0.4) is 0 Å². The van der Waals surface area contributed by atoms with Crippen LogP contribution >= 0.6 is 0 Å². The first-order valence-electron chi connectivity index (χ1n) is 7.96. The van der Waals surface area contributed by atoms with Gasteiger partial charge < -0.3 is 15.6 Å². The highest BCUT2D eigenvalue weighted by Crippen LogP contribution is 2.34. The van der Waals surface area contributed by atoms with Crippen LogP contribution in [-0.4, -0.2) is 17.6 Å². The highest BCUT2D eigenvalue weighted by Gasteiger charge is 2.15. The molecule has 3 aromatic rings. The van der Waals surface area contributed by atoms with Crippen molar-refractivity contribution in [1.82, 2.24) is 10.3 Å². The van der Waals surface area contributed by atoms with E-state index in [1.54, 1.807) is 12.1 Å². The molecular weight excluding hydrogens is 305 g/mol. The van der Waals surface area contributed by atoms with Crippen LogP contribution in [0.5, 0.6) is 0 Å². The van der Waals surface area contributed by atoms with Crippen LogP contribution in [0.2, 0.25) is 0 Å².